The molecule has 1 aromatic rings. The van der Waals surface area contributed by atoms with E-state index in [0.29, 0.717) is 5.92 Å². The minimum atomic E-state index is -0.276. The molecule has 4 unspecified atom stereocenters. The van der Waals surface area contributed by atoms with Gasteiger partial charge in [0.2, 0.25) is 0 Å². The van der Waals surface area contributed by atoms with E-state index in [9.17, 15) is 5.11 Å². The van der Waals surface area contributed by atoms with Gasteiger partial charge >= 0.3 is 0 Å². The molecule has 0 radical (unpaired) electrons. The number of aliphatic hydroxyl groups excluding tert-OH is 1. The van der Waals surface area contributed by atoms with Crippen molar-refractivity contribution < 1.29 is 5.11 Å². The summed E-state index contributed by atoms with van der Waals surface area (Å²) in [5, 5.41) is 10.4. The van der Waals surface area contributed by atoms with E-state index < -0.39 is 0 Å². The van der Waals surface area contributed by atoms with Crippen LogP contribution in [0.25, 0.3) is 0 Å². The molecule has 1 aromatic carbocycles. The molecule has 1 nitrogen and oxygen atoms in total. The van der Waals surface area contributed by atoms with Gasteiger partial charge in [-0.1, -0.05) is 32.4 Å². The molecular formula is C15H21IO. The smallest absolute Gasteiger partial charge is 0.0818 e. The lowest BCUT2D eigenvalue weighted by atomic mass is 9.73. The van der Waals surface area contributed by atoms with Crippen molar-refractivity contribution in [2.45, 2.75) is 39.2 Å². The zero-order valence-corrected chi connectivity index (χ0v) is 12.7. The molecule has 0 amide bonds. The van der Waals surface area contributed by atoms with Gasteiger partial charge in [0.25, 0.3) is 0 Å². The fourth-order valence-electron chi connectivity index (χ4n) is 2.81. The van der Waals surface area contributed by atoms with Crippen molar-refractivity contribution in [3.63, 3.8) is 0 Å². The van der Waals surface area contributed by atoms with Crippen LogP contribution < -0.4 is 0 Å². The number of hydrogen-bond acceptors (Lipinski definition) is 1. The average Bonchev–Trinajstić information content (AvgIpc) is 2.33. The molecule has 0 aliphatic heterocycles. The minimum absolute atomic E-state index is 0.276. The molecule has 94 valence electrons. The van der Waals surface area contributed by atoms with Crippen LogP contribution in [0.15, 0.2) is 24.3 Å². The van der Waals surface area contributed by atoms with Crippen LogP contribution in [-0.2, 0) is 0 Å². The second kappa shape index (κ2) is 5.70. The van der Waals surface area contributed by atoms with Crippen LogP contribution in [-0.4, -0.2) is 5.11 Å². The van der Waals surface area contributed by atoms with Gasteiger partial charge in [0.05, 0.1) is 6.10 Å². The van der Waals surface area contributed by atoms with Crippen molar-refractivity contribution in [2.75, 3.05) is 0 Å². The molecule has 0 aromatic heterocycles. The molecule has 4 atom stereocenters. The summed E-state index contributed by atoms with van der Waals surface area (Å²) < 4.78 is 1.23. The Hall–Kier alpha value is -0.0900. The Balaban J connectivity index is 2.05. The van der Waals surface area contributed by atoms with E-state index in [-0.39, 0.29) is 6.10 Å². The van der Waals surface area contributed by atoms with Gasteiger partial charge in [0.15, 0.2) is 0 Å². The van der Waals surface area contributed by atoms with Crippen molar-refractivity contribution in [2.24, 2.45) is 17.8 Å². The molecule has 0 saturated heterocycles. The number of aliphatic hydroxyl groups is 1. The van der Waals surface area contributed by atoms with Crippen molar-refractivity contribution in [1.82, 2.24) is 0 Å². The van der Waals surface area contributed by atoms with Crippen LogP contribution >= 0.6 is 22.6 Å². The van der Waals surface area contributed by atoms with Gasteiger partial charge in [0.1, 0.15) is 0 Å². The third kappa shape index (κ3) is 3.22. The fraction of sp³-hybridized carbons (Fsp3) is 0.600. The topological polar surface area (TPSA) is 20.2 Å². The monoisotopic (exact) mass is 344 g/mol. The predicted octanol–water partition coefficient (Wildman–Crippen LogP) is 4.40. The zero-order chi connectivity index (χ0) is 12.4. The molecule has 1 aliphatic rings. The number of hydrogen-bond donors (Lipinski definition) is 1. The average molecular weight is 344 g/mol. The maximum Gasteiger partial charge on any atom is 0.0818 e. The first-order chi connectivity index (χ1) is 8.08. The highest BCUT2D eigenvalue weighted by Crippen LogP contribution is 2.39. The molecule has 2 heteroatoms. The van der Waals surface area contributed by atoms with Crippen molar-refractivity contribution in [1.29, 1.82) is 0 Å². The van der Waals surface area contributed by atoms with Gasteiger partial charge in [-0.2, -0.15) is 0 Å². The van der Waals surface area contributed by atoms with E-state index >= 15 is 0 Å². The summed E-state index contributed by atoms with van der Waals surface area (Å²) in [6, 6.07) is 8.28. The van der Waals surface area contributed by atoms with Crippen LogP contribution in [0.3, 0.4) is 0 Å². The zero-order valence-electron chi connectivity index (χ0n) is 10.6. The van der Waals surface area contributed by atoms with Crippen LogP contribution in [0.4, 0.5) is 0 Å². The van der Waals surface area contributed by atoms with Crippen molar-refractivity contribution >= 4 is 22.6 Å². The summed E-state index contributed by atoms with van der Waals surface area (Å²) in [6.07, 6.45) is 3.31. The molecule has 17 heavy (non-hydrogen) atoms. The third-order valence-electron chi connectivity index (χ3n) is 4.30. The molecule has 1 aliphatic carbocycles. The first-order valence-electron chi connectivity index (χ1n) is 6.51. The summed E-state index contributed by atoms with van der Waals surface area (Å²) in [5.74, 6) is 2.00. The molecule has 0 bridgehead atoms. The second-order valence-corrected chi connectivity index (χ2v) is 6.77. The number of benzene rings is 1. The lowest BCUT2D eigenvalue weighted by Crippen LogP contribution is -2.25. The lowest BCUT2D eigenvalue weighted by Gasteiger charge is -2.34. The van der Waals surface area contributed by atoms with Gasteiger partial charge in [-0.25, -0.2) is 0 Å². The molecule has 0 spiro atoms. The van der Waals surface area contributed by atoms with Gasteiger partial charge in [-0.15, -0.1) is 0 Å². The largest absolute Gasteiger partial charge is 0.388 e. The van der Waals surface area contributed by atoms with E-state index in [4.69, 9.17) is 0 Å². The van der Waals surface area contributed by atoms with Crippen LogP contribution in [0.1, 0.15) is 44.8 Å². The Morgan fingerprint density at radius 3 is 2.35 bits per heavy atom. The molecule has 1 saturated carbocycles. The van der Waals surface area contributed by atoms with E-state index in [1.54, 1.807) is 0 Å². The van der Waals surface area contributed by atoms with Gasteiger partial charge in [0, 0.05) is 3.57 Å². The highest BCUT2D eigenvalue weighted by molar-refractivity contribution is 14.1. The molecule has 0 heterocycles. The Morgan fingerprint density at radius 2 is 1.76 bits per heavy atom. The van der Waals surface area contributed by atoms with Gasteiger partial charge in [-0.3, -0.25) is 0 Å². The van der Waals surface area contributed by atoms with Gasteiger partial charge < -0.3 is 5.11 Å². The normalized spacial score (nSPS) is 31.2. The Kier molecular flexibility index (Phi) is 4.47. The van der Waals surface area contributed by atoms with E-state index in [0.717, 1.165) is 23.8 Å². The van der Waals surface area contributed by atoms with Crippen molar-refractivity contribution in [3.8, 4) is 0 Å². The quantitative estimate of drug-likeness (QED) is 0.789. The standard InChI is InChI=1S/C15H21IO/c1-10-3-4-13(9-11(10)2)15(17)12-5-7-14(16)8-6-12/h5-8,10-11,13,15,17H,3-4,9H2,1-2H3. The summed E-state index contributed by atoms with van der Waals surface area (Å²) >= 11 is 2.30. The highest BCUT2D eigenvalue weighted by Gasteiger charge is 2.29. The summed E-state index contributed by atoms with van der Waals surface area (Å²) in [5.41, 5.74) is 1.08. The molecule has 1 fully saturated rings. The lowest BCUT2D eigenvalue weighted by molar-refractivity contribution is 0.0561. The van der Waals surface area contributed by atoms with Crippen LogP contribution in [0.5, 0.6) is 0 Å². The molecule has 2 rings (SSSR count). The van der Waals surface area contributed by atoms with Crippen molar-refractivity contribution in [3.05, 3.63) is 33.4 Å². The Morgan fingerprint density at radius 1 is 1.12 bits per heavy atom. The first-order valence-corrected chi connectivity index (χ1v) is 7.59. The first kappa shape index (κ1) is 13.3. The van der Waals surface area contributed by atoms with E-state index in [1.165, 1.54) is 16.4 Å². The third-order valence-corrected chi connectivity index (χ3v) is 5.02. The Labute approximate surface area is 118 Å². The second-order valence-electron chi connectivity index (χ2n) is 5.52. The molecule has 1 N–H and O–H groups in total. The minimum Gasteiger partial charge on any atom is -0.388 e. The highest BCUT2D eigenvalue weighted by atomic mass is 127. The Bertz CT molecular complexity index is 360. The SMILES string of the molecule is CC1CCC(C(O)c2ccc(I)cc2)CC1C. The van der Waals surface area contributed by atoms with Gasteiger partial charge in [-0.05, 0) is 70.9 Å². The number of halogens is 1. The summed E-state index contributed by atoms with van der Waals surface area (Å²) in [6.45, 7) is 4.65. The van der Waals surface area contributed by atoms with E-state index in [2.05, 4.69) is 60.7 Å². The maximum absolute atomic E-state index is 10.4. The number of rotatable bonds is 2. The predicted molar refractivity (Wildman–Crippen MR) is 79.8 cm³/mol. The van der Waals surface area contributed by atoms with Crippen LogP contribution in [0.2, 0.25) is 0 Å². The fourth-order valence-corrected chi connectivity index (χ4v) is 3.17. The van der Waals surface area contributed by atoms with Crippen LogP contribution in [0, 0.1) is 21.3 Å². The maximum atomic E-state index is 10.4. The molecular weight excluding hydrogens is 323 g/mol. The van der Waals surface area contributed by atoms with E-state index in [1.807, 2.05) is 0 Å². The summed E-state index contributed by atoms with van der Waals surface area (Å²) in [7, 11) is 0. The summed E-state index contributed by atoms with van der Waals surface area (Å²) in [4.78, 5) is 0.